The highest BCUT2D eigenvalue weighted by molar-refractivity contribution is 6.12. The Hall–Kier alpha value is -3.67. The third kappa shape index (κ3) is 2.99. The molecule has 0 fully saturated rings. The molecule has 142 valence electrons. The van der Waals surface area contributed by atoms with Crippen LogP contribution in [-0.2, 0) is 0 Å². The normalized spacial score (nSPS) is 15.6. The maximum atomic E-state index is 13.3. The van der Waals surface area contributed by atoms with E-state index in [1.54, 1.807) is 30.2 Å². The summed E-state index contributed by atoms with van der Waals surface area (Å²) in [6.07, 6.45) is -0.493. The van der Waals surface area contributed by atoms with Crippen LogP contribution in [0.4, 0.5) is 11.4 Å². The number of anilines is 2. The van der Waals surface area contributed by atoms with Gasteiger partial charge < -0.3 is 19.9 Å². The number of nitrogens with one attached hydrogen (secondary N) is 1. The zero-order valence-electron chi connectivity index (χ0n) is 15.5. The summed E-state index contributed by atoms with van der Waals surface area (Å²) in [7, 11) is 3.10. The third-order valence-corrected chi connectivity index (χ3v) is 4.80. The number of carbonyl (C=O) groups excluding carboxylic acids is 1. The van der Waals surface area contributed by atoms with Crippen molar-refractivity contribution < 1.29 is 19.4 Å². The van der Waals surface area contributed by atoms with E-state index >= 15 is 0 Å². The Morgan fingerprint density at radius 3 is 2.39 bits per heavy atom. The van der Waals surface area contributed by atoms with Gasteiger partial charge in [0.15, 0.2) is 11.5 Å². The van der Waals surface area contributed by atoms with E-state index in [9.17, 15) is 9.90 Å². The number of rotatable bonds is 4. The molecule has 1 amide bonds. The van der Waals surface area contributed by atoms with Crippen molar-refractivity contribution in [3.8, 4) is 17.2 Å². The van der Waals surface area contributed by atoms with Crippen LogP contribution in [0.2, 0.25) is 0 Å². The van der Waals surface area contributed by atoms with Gasteiger partial charge in [0.1, 0.15) is 11.9 Å². The Kier molecular flexibility index (Phi) is 4.53. The molecule has 0 aromatic heterocycles. The van der Waals surface area contributed by atoms with Gasteiger partial charge in [-0.15, -0.1) is 0 Å². The smallest absolute Gasteiger partial charge is 0.262 e. The van der Waals surface area contributed by atoms with E-state index in [1.165, 1.54) is 7.11 Å². The lowest BCUT2D eigenvalue weighted by atomic mass is 10.0. The van der Waals surface area contributed by atoms with Crippen LogP contribution in [-0.4, -0.2) is 25.2 Å². The number of para-hydroxylation sites is 1. The van der Waals surface area contributed by atoms with Crippen molar-refractivity contribution in [2.24, 2.45) is 0 Å². The summed E-state index contributed by atoms with van der Waals surface area (Å²) >= 11 is 0. The molecule has 0 saturated carbocycles. The first kappa shape index (κ1) is 17.7. The summed E-state index contributed by atoms with van der Waals surface area (Å²) < 4.78 is 10.4. The summed E-state index contributed by atoms with van der Waals surface area (Å²) in [6.45, 7) is 0. The Balaban J connectivity index is 1.83. The first-order valence-corrected chi connectivity index (χ1v) is 8.82. The molecule has 3 aromatic carbocycles. The van der Waals surface area contributed by atoms with Crippen LogP contribution in [0, 0.1) is 0 Å². The Morgan fingerprint density at radius 1 is 0.964 bits per heavy atom. The number of benzene rings is 3. The number of hydrogen-bond donors (Lipinski definition) is 2. The van der Waals surface area contributed by atoms with Gasteiger partial charge in [-0.2, -0.15) is 0 Å². The molecular formula is C22H20N2O4. The van der Waals surface area contributed by atoms with Crippen molar-refractivity contribution in [2.45, 2.75) is 6.17 Å². The zero-order valence-corrected chi connectivity index (χ0v) is 15.5. The van der Waals surface area contributed by atoms with E-state index in [0.29, 0.717) is 22.7 Å². The fourth-order valence-electron chi connectivity index (χ4n) is 3.37. The van der Waals surface area contributed by atoms with Crippen LogP contribution in [0.25, 0.3) is 0 Å². The van der Waals surface area contributed by atoms with E-state index in [-0.39, 0.29) is 11.7 Å². The number of carbonyl (C=O) groups is 1. The highest BCUT2D eigenvalue weighted by Crippen LogP contribution is 2.39. The predicted octanol–water partition coefficient (Wildman–Crippen LogP) is 4.18. The molecule has 1 aliphatic rings. The average Bonchev–Trinajstić information content (AvgIpc) is 2.74. The topological polar surface area (TPSA) is 71.0 Å². The fourth-order valence-corrected chi connectivity index (χ4v) is 3.37. The number of nitrogens with zero attached hydrogens (tertiary/aromatic N) is 1. The molecule has 28 heavy (non-hydrogen) atoms. The number of aromatic hydroxyl groups is 1. The van der Waals surface area contributed by atoms with Crippen LogP contribution >= 0.6 is 0 Å². The van der Waals surface area contributed by atoms with Gasteiger partial charge in [0, 0.05) is 11.4 Å². The van der Waals surface area contributed by atoms with Gasteiger partial charge in [-0.3, -0.25) is 9.69 Å². The molecule has 0 saturated heterocycles. The lowest BCUT2D eigenvalue weighted by molar-refractivity contribution is 0.0975. The van der Waals surface area contributed by atoms with Crippen molar-refractivity contribution in [3.63, 3.8) is 0 Å². The van der Waals surface area contributed by atoms with Gasteiger partial charge in [0.05, 0.1) is 19.8 Å². The monoisotopic (exact) mass is 376 g/mol. The van der Waals surface area contributed by atoms with E-state index in [2.05, 4.69) is 5.32 Å². The number of phenolic OH excluding ortho intramolecular Hbond substituents is 1. The van der Waals surface area contributed by atoms with Gasteiger partial charge >= 0.3 is 0 Å². The highest BCUT2D eigenvalue weighted by atomic mass is 16.5. The fraction of sp³-hybridized carbons (Fsp3) is 0.136. The molecule has 0 unspecified atom stereocenters. The number of amides is 1. The van der Waals surface area contributed by atoms with E-state index in [1.807, 2.05) is 48.5 Å². The largest absolute Gasteiger partial charge is 0.504 e. The second-order valence-electron chi connectivity index (χ2n) is 6.40. The Labute approximate surface area is 162 Å². The number of methoxy groups -OCH3 is 2. The number of fused-ring (bicyclic) bond motifs is 1. The molecule has 3 aromatic rings. The van der Waals surface area contributed by atoms with E-state index in [4.69, 9.17) is 9.47 Å². The van der Waals surface area contributed by atoms with Crippen LogP contribution in [0.15, 0.2) is 66.7 Å². The quantitative estimate of drug-likeness (QED) is 0.715. The molecular weight excluding hydrogens is 356 g/mol. The Bertz CT molecular complexity index is 1020. The molecule has 4 rings (SSSR count). The van der Waals surface area contributed by atoms with Gasteiger partial charge in [0.25, 0.3) is 5.91 Å². The lowest BCUT2D eigenvalue weighted by Crippen LogP contribution is -2.43. The van der Waals surface area contributed by atoms with Crippen molar-refractivity contribution in [1.29, 1.82) is 0 Å². The van der Waals surface area contributed by atoms with E-state index in [0.717, 1.165) is 11.3 Å². The SMILES string of the molecule is COc1ccc(N2C(=O)c3ccccc3N[C@@H]2c2ccc(OC)c(O)c2)cc1. The van der Waals surface area contributed by atoms with Crippen LogP contribution in [0.5, 0.6) is 17.2 Å². The molecule has 1 aliphatic heterocycles. The minimum Gasteiger partial charge on any atom is -0.504 e. The van der Waals surface area contributed by atoms with Gasteiger partial charge in [-0.05, 0) is 54.1 Å². The summed E-state index contributed by atoms with van der Waals surface area (Å²) in [5.41, 5.74) is 2.79. The van der Waals surface area contributed by atoms with Gasteiger partial charge in [-0.1, -0.05) is 18.2 Å². The Morgan fingerprint density at radius 2 is 1.71 bits per heavy atom. The first-order valence-electron chi connectivity index (χ1n) is 8.82. The molecule has 1 heterocycles. The number of ether oxygens (including phenoxy) is 2. The molecule has 0 bridgehead atoms. The minimum absolute atomic E-state index is 0.0165. The van der Waals surface area contributed by atoms with E-state index < -0.39 is 6.17 Å². The number of hydrogen-bond acceptors (Lipinski definition) is 5. The van der Waals surface area contributed by atoms with Crippen molar-refractivity contribution in [2.75, 3.05) is 24.4 Å². The second kappa shape index (κ2) is 7.15. The van der Waals surface area contributed by atoms with Gasteiger partial charge in [-0.25, -0.2) is 0 Å². The number of phenols is 1. The summed E-state index contributed by atoms with van der Waals surface area (Å²) in [6, 6.07) is 19.8. The molecule has 0 spiro atoms. The zero-order chi connectivity index (χ0) is 19.7. The first-order chi connectivity index (χ1) is 13.6. The molecule has 0 aliphatic carbocycles. The summed E-state index contributed by atoms with van der Waals surface area (Å²) in [5.74, 6) is 0.977. The lowest BCUT2D eigenvalue weighted by Gasteiger charge is -2.38. The van der Waals surface area contributed by atoms with Crippen LogP contribution < -0.4 is 19.7 Å². The average molecular weight is 376 g/mol. The molecule has 6 nitrogen and oxygen atoms in total. The molecule has 6 heteroatoms. The predicted molar refractivity (Wildman–Crippen MR) is 107 cm³/mol. The van der Waals surface area contributed by atoms with Crippen molar-refractivity contribution in [1.82, 2.24) is 0 Å². The van der Waals surface area contributed by atoms with Crippen molar-refractivity contribution >= 4 is 17.3 Å². The van der Waals surface area contributed by atoms with Crippen molar-refractivity contribution in [3.05, 3.63) is 77.9 Å². The standard InChI is InChI=1S/C22H20N2O4/c1-27-16-10-8-15(9-11-16)24-21(14-7-12-20(28-2)19(25)13-14)23-18-6-4-3-5-17(18)22(24)26/h3-13,21,23,25H,1-2H3/t21-/m0/s1. The summed E-state index contributed by atoms with van der Waals surface area (Å²) in [4.78, 5) is 15.0. The van der Waals surface area contributed by atoms with Crippen LogP contribution in [0.3, 0.4) is 0 Å². The molecule has 1 atom stereocenters. The summed E-state index contributed by atoms with van der Waals surface area (Å²) in [5, 5.41) is 13.6. The maximum absolute atomic E-state index is 13.3. The second-order valence-corrected chi connectivity index (χ2v) is 6.40. The van der Waals surface area contributed by atoms with Gasteiger partial charge in [0.2, 0.25) is 0 Å². The van der Waals surface area contributed by atoms with Crippen LogP contribution in [0.1, 0.15) is 22.1 Å². The maximum Gasteiger partial charge on any atom is 0.262 e. The third-order valence-electron chi connectivity index (χ3n) is 4.80. The molecule has 0 radical (unpaired) electrons. The minimum atomic E-state index is -0.493. The highest BCUT2D eigenvalue weighted by Gasteiger charge is 2.34. The molecule has 2 N–H and O–H groups in total.